The summed E-state index contributed by atoms with van der Waals surface area (Å²) in [7, 11) is 0. The zero-order chi connectivity index (χ0) is 36.1. The summed E-state index contributed by atoms with van der Waals surface area (Å²) in [6, 6.07) is 41.0. The lowest BCUT2D eigenvalue weighted by Crippen LogP contribution is -2.00. The zero-order valence-corrected chi connectivity index (χ0v) is 29.2. The average Bonchev–Trinajstić information content (AvgIpc) is 3.23. The van der Waals surface area contributed by atoms with Gasteiger partial charge < -0.3 is 0 Å². The normalized spacial score (nSPS) is 12.1. The van der Waals surface area contributed by atoms with Gasteiger partial charge in [0.05, 0.1) is 44.8 Å². The summed E-state index contributed by atoms with van der Waals surface area (Å²) in [5, 5.41) is 4.30. The van der Waals surface area contributed by atoms with Crippen LogP contribution < -0.4 is 0 Å². The van der Waals surface area contributed by atoms with Gasteiger partial charge in [-0.05, 0) is 95.1 Å². The lowest BCUT2D eigenvalue weighted by atomic mass is 10.1. The van der Waals surface area contributed by atoms with Crippen molar-refractivity contribution in [1.82, 2.24) is 29.9 Å². The molecule has 4 aromatic carbocycles. The lowest BCUT2D eigenvalue weighted by molar-refractivity contribution is 1.12. The third kappa shape index (κ3) is 7.17. The van der Waals surface area contributed by atoms with Crippen LogP contribution in [0.1, 0.15) is 45.0 Å². The number of nitrogens with zero attached hydrogens (tertiary/aromatic N) is 6. The number of aromatic nitrogens is 6. The molecule has 0 amide bonds. The first-order valence-corrected chi connectivity index (χ1v) is 17.7. The number of pyridine rings is 4. The average molecular weight is 693 g/mol. The number of rotatable bonds is 8. The van der Waals surface area contributed by atoms with Crippen LogP contribution in [0.5, 0.6) is 0 Å². The monoisotopic (exact) mass is 692 g/mol. The summed E-state index contributed by atoms with van der Waals surface area (Å²) in [6.07, 6.45) is 23.7. The Balaban J connectivity index is 1.16. The van der Waals surface area contributed by atoms with E-state index in [4.69, 9.17) is 9.97 Å². The topological polar surface area (TPSA) is 77.3 Å². The quantitative estimate of drug-likeness (QED) is 0.158. The van der Waals surface area contributed by atoms with Gasteiger partial charge >= 0.3 is 0 Å². The molecule has 0 unspecified atom stereocenters. The number of para-hydroxylation sites is 4. The molecule has 5 heterocycles. The van der Waals surface area contributed by atoms with Gasteiger partial charge in [0.15, 0.2) is 0 Å². The first-order chi connectivity index (χ1) is 26.7. The zero-order valence-electron chi connectivity index (χ0n) is 29.2. The first-order valence-electron chi connectivity index (χ1n) is 17.7. The van der Waals surface area contributed by atoms with E-state index in [1.165, 1.54) is 0 Å². The Morgan fingerprint density at radius 3 is 0.778 bits per heavy atom. The maximum Gasteiger partial charge on any atom is 0.0894 e. The van der Waals surface area contributed by atoms with Crippen LogP contribution in [-0.2, 0) is 0 Å². The fourth-order valence-electron chi connectivity index (χ4n) is 6.40. The van der Waals surface area contributed by atoms with E-state index in [0.717, 1.165) is 65.9 Å². The van der Waals surface area contributed by atoms with E-state index >= 15 is 0 Å². The van der Waals surface area contributed by atoms with Crippen molar-refractivity contribution in [2.75, 3.05) is 0 Å². The second-order valence-electron chi connectivity index (χ2n) is 12.9. The second kappa shape index (κ2) is 14.7. The smallest absolute Gasteiger partial charge is 0.0894 e. The number of hydrogen-bond acceptors (Lipinski definition) is 6. The van der Waals surface area contributed by atoms with E-state index in [1.54, 1.807) is 0 Å². The van der Waals surface area contributed by atoms with Crippen LogP contribution in [-0.4, -0.2) is 29.9 Å². The van der Waals surface area contributed by atoms with Crippen LogP contribution in [0.3, 0.4) is 0 Å². The fraction of sp³-hybridized carbons (Fsp3) is 0. The lowest BCUT2D eigenvalue weighted by Gasteiger charge is -2.08. The summed E-state index contributed by atoms with van der Waals surface area (Å²) in [5.74, 6) is 0. The molecule has 0 radical (unpaired) electrons. The van der Waals surface area contributed by atoms with Gasteiger partial charge in [-0.1, -0.05) is 97.1 Å². The summed E-state index contributed by atoms with van der Waals surface area (Å²) >= 11 is 0. The molecule has 54 heavy (non-hydrogen) atoms. The van der Waals surface area contributed by atoms with Crippen molar-refractivity contribution in [1.29, 1.82) is 0 Å². The molecular formula is C48H32N6. The van der Waals surface area contributed by atoms with E-state index in [2.05, 4.69) is 68.5 Å². The van der Waals surface area contributed by atoms with Crippen molar-refractivity contribution < 1.29 is 0 Å². The minimum Gasteiger partial charge on any atom is -0.256 e. The number of benzene rings is 4. The van der Waals surface area contributed by atoms with E-state index in [-0.39, 0.29) is 0 Å². The van der Waals surface area contributed by atoms with Gasteiger partial charge in [0.1, 0.15) is 0 Å². The van der Waals surface area contributed by atoms with Gasteiger partial charge in [0, 0.05) is 46.3 Å². The Hall–Kier alpha value is -7.44. The Bertz CT molecular complexity index is 2560. The van der Waals surface area contributed by atoms with Gasteiger partial charge in [0.25, 0.3) is 0 Å². The highest BCUT2D eigenvalue weighted by Crippen LogP contribution is 2.23. The molecule has 0 atom stereocenters. The summed E-state index contributed by atoms with van der Waals surface area (Å²) in [4.78, 5) is 29.1. The van der Waals surface area contributed by atoms with Crippen molar-refractivity contribution >= 4 is 92.2 Å². The Morgan fingerprint density at radius 1 is 0.278 bits per heavy atom. The van der Waals surface area contributed by atoms with Gasteiger partial charge in [-0.3, -0.25) is 19.9 Å². The van der Waals surface area contributed by atoms with Crippen LogP contribution in [0.15, 0.2) is 146 Å². The van der Waals surface area contributed by atoms with Crippen LogP contribution in [0, 0.1) is 0 Å². The third-order valence-corrected chi connectivity index (χ3v) is 9.19. The Labute approximate surface area is 312 Å². The highest BCUT2D eigenvalue weighted by Gasteiger charge is 2.09. The molecule has 0 aliphatic carbocycles. The van der Waals surface area contributed by atoms with Crippen molar-refractivity contribution in [2.24, 2.45) is 0 Å². The van der Waals surface area contributed by atoms with Crippen LogP contribution in [0.4, 0.5) is 0 Å². The van der Waals surface area contributed by atoms with E-state index in [9.17, 15) is 0 Å². The molecule has 0 N–H and O–H groups in total. The molecule has 0 saturated heterocycles. The highest BCUT2D eigenvalue weighted by molar-refractivity contribution is 5.88. The maximum absolute atomic E-state index is 5.24. The Morgan fingerprint density at radius 2 is 0.519 bits per heavy atom. The first kappa shape index (κ1) is 32.5. The minimum atomic E-state index is 0.717. The SMILES string of the molecule is C(=Cc1nc(C=Cc2cnc3ccccc3c2)c(C=Cc2cnc3ccccc3c2)nc1C=Cc1cnc2ccccc2c1)c1cnc2ccccc2c1. The molecule has 0 aliphatic heterocycles. The Kier molecular flexibility index (Phi) is 8.81. The molecule has 0 saturated carbocycles. The van der Waals surface area contributed by atoms with Crippen LogP contribution in [0.25, 0.3) is 92.2 Å². The molecule has 6 nitrogen and oxygen atoms in total. The minimum absolute atomic E-state index is 0.717. The standard InChI is InChI=1S/C48H32N6/c1-5-13-41-37(9-1)25-33(29-49-41)17-21-45-46(22-18-34-26-38-10-2-6-14-42(38)50-30-34)54-48(24-20-36-28-40-12-4-8-16-44(40)52-32-36)47(53-45)23-19-35-27-39-11-3-7-15-43(39)51-31-35/h1-32H. The summed E-state index contributed by atoms with van der Waals surface area (Å²) in [6.45, 7) is 0. The molecule has 0 aliphatic rings. The molecule has 9 rings (SSSR count). The largest absolute Gasteiger partial charge is 0.256 e. The van der Waals surface area contributed by atoms with Crippen molar-refractivity contribution in [2.45, 2.75) is 0 Å². The molecular weight excluding hydrogens is 661 g/mol. The summed E-state index contributed by atoms with van der Waals surface area (Å²) in [5.41, 5.74) is 10.6. The van der Waals surface area contributed by atoms with E-state index in [1.807, 2.05) is 146 Å². The molecule has 6 heteroatoms. The molecule has 254 valence electrons. The van der Waals surface area contributed by atoms with Gasteiger partial charge in [-0.15, -0.1) is 0 Å². The molecule has 5 aromatic heterocycles. The summed E-state index contributed by atoms with van der Waals surface area (Å²) < 4.78 is 0. The molecule has 0 spiro atoms. The van der Waals surface area contributed by atoms with Gasteiger partial charge in [-0.2, -0.15) is 0 Å². The molecule has 0 fully saturated rings. The van der Waals surface area contributed by atoms with Crippen LogP contribution >= 0.6 is 0 Å². The third-order valence-electron chi connectivity index (χ3n) is 9.19. The number of hydrogen-bond donors (Lipinski definition) is 0. The highest BCUT2D eigenvalue weighted by atomic mass is 14.8. The molecule has 0 bridgehead atoms. The van der Waals surface area contributed by atoms with Gasteiger partial charge in [-0.25, -0.2) is 9.97 Å². The predicted octanol–water partition coefficient (Wildman–Crippen LogP) is 11.4. The second-order valence-corrected chi connectivity index (χ2v) is 12.9. The molecule has 9 aromatic rings. The van der Waals surface area contributed by atoms with Crippen molar-refractivity contribution in [3.05, 3.63) is 191 Å². The number of fused-ring (bicyclic) bond motifs is 4. The van der Waals surface area contributed by atoms with Gasteiger partial charge in [0.2, 0.25) is 0 Å². The maximum atomic E-state index is 5.24. The van der Waals surface area contributed by atoms with Crippen molar-refractivity contribution in [3.8, 4) is 0 Å². The fourth-order valence-corrected chi connectivity index (χ4v) is 6.40. The predicted molar refractivity (Wildman–Crippen MR) is 225 cm³/mol. The van der Waals surface area contributed by atoms with Crippen molar-refractivity contribution in [3.63, 3.8) is 0 Å². The van der Waals surface area contributed by atoms with E-state index < -0.39 is 0 Å². The van der Waals surface area contributed by atoms with E-state index in [0.29, 0.717) is 22.8 Å². The van der Waals surface area contributed by atoms with Crippen LogP contribution in [0.2, 0.25) is 0 Å².